The van der Waals surface area contributed by atoms with Gasteiger partial charge in [0.25, 0.3) is 0 Å². The normalized spacial score (nSPS) is 27.5. The summed E-state index contributed by atoms with van der Waals surface area (Å²) in [5.74, 6) is 1.55. The molecule has 1 aliphatic carbocycles. The number of rotatable bonds is 9. The molecule has 0 aromatic heterocycles. The van der Waals surface area contributed by atoms with Gasteiger partial charge < -0.3 is 13.9 Å². The summed E-state index contributed by atoms with van der Waals surface area (Å²) in [6.45, 7) is 20.0. The third-order valence-electron chi connectivity index (χ3n) is 10.3. The first-order valence-electron chi connectivity index (χ1n) is 16.0. The van der Waals surface area contributed by atoms with E-state index in [0.29, 0.717) is 42.4 Å². The monoisotopic (exact) mass is 584 g/mol. The van der Waals surface area contributed by atoms with E-state index in [1.165, 1.54) is 16.7 Å². The van der Waals surface area contributed by atoms with Crippen LogP contribution in [-0.4, -0.2) is 27.6 Å². The number of benzene rings is 3. The molecule has 0 spiro atoms. The van der Waals surface area contributed by atoms with Crippen LogP contribution in [0.2, 0.25) is 15.6 Å². The topological polar surface area (TPSA) is 27.7 Å². The quantitative estimate of drug-likeness (QED) is 0.234. The standard InChI is InChI=1S/C38H52O3Si/c1-28-35-34(27-40-25-30-19-13-9-14-20-30)32(26-39-24-29-17-11-8-12-18-29)23-33(31-21-15-10-16-22-31)36(35)41-42(28,37(2,3)4)38(5,6)7/h8-22,28,32-36H,23-27H2,1-7H3/t28-,32-,33+,34-,35+,36-/m0/s1. The Bertz CT molecular complexity index is 1230. The maximum Gasteiger partial charge on any atom is 0.206 e. The van der Waals surface area contributed by atoms with Crippen LogP contribution in [0.4, 0.5) is 0 Å². The summed E-state index contributed by atoms with van der Waals surface area (Å²) in [5, 5.41) is 0.218. The van der Waals surface area contributed by atoms with Crippen LogP contribution in [-0.2, 0) is 27.1 Å². The van der Waals surface area contributed by atoms with E-state index in [-0.39, 0.29) is 16.2 Å². The number of hydrogen-bond acceptors (Lipinski definition) is 3. The van der Waals surface area contributed by atoms with Gasteiger partial charge in [0.15, 0.2) is 0 Å². The summed E-state index contributed by atoms with van der Waals surface area (Å²) >= 11 is 0. The second-order valence-electron chi connectivity index (χ2n) is 14.9. The highest BCUT2D eigenvalue weighted by Gasteiger charge is 2.69. The van der Waals surface area contributed by atoms with Crippen LogP contribution < -0.4 is 0 Å². The minimum absolute atomic E-state index is 0.109. The lowest BCUT2D eigenvalue weighted by Crippen LogP contribution is -2.55. The highest BCUT2D eigenvalue weighted by atomic mass is 28.4. The van der Waals surface area contributed by atoms with E-state index in [9.17, 15) is 0 Å². The second kappa shape index (κ2) is 12.8. The largest absolute Gasteiger partial charge is 0.412 e. The van der Waals surface area contributed by atoms with Gasteiger partial charge in [-0.15, -0.1) is 0 Å². The van der Waals surface area contributed by atoms with Crippen LogP contribution in [0.3, 0.4) is 0 Å². The lowest BCUT2D eigenvalue weighted by Gasteiger charge is -2.51. The van der Waals surface area contributed by atoms with Gasteiger partial charge in [-0.2, -0.15) is 0 Å². The van der Waals surface area contributed by atoms with Crippen molar-refractivity contribution in [2.24, 2.45) is 17.8 Å². The second-order valence-corrected chi connectivity index (χ2v) is 20.5. The van der Waals surface area contributed by atoms with E-state index in [1.54, 1.807) is 0 Å². The molecule has 0 unspecified atom stereocenters. The molecule has 3 aromatic rings. The Kier molecular flexibility index (Phi) is 9.49. The molecule has 0 radical (unpaired) electrons. The first kappa shape index (κ1) is 31.2. The van der Waals surface area contributed by atoms with Crippen LogP contribution in [0, 0.1) is 17.8 Å². The first-order valence-corrected chi connectivity index (χ1v) is 18.0. The molecular weight excluding hydrogens is 533 g/mol. The van der Waals surface area contributed by atoms with Crippen LogP contribution in [0.5, 0.6) is 0 Å². The third-order valence-corrected chi connectivity index (χ3v) is 17.1. The summed E-state index contributed by atoms with van der Waals surface area (Å²) in [5.41, 5.74) is 4.36. The van der Waals surface area contributed by atoms with Crippen molar-refractivity contribution >= 4 is 8.32 Å². The third kappa shape index (κ3) is 6.19. The molecule has 226 valence electrons. The van der Waals surface area contributed by atoms with Gasteiger partial charge in [-0.05, 0) is 56.5 Å². The Morgan fingerprint density at radius 1 is 0.690 bits per heavy atom. The fourth-order valence-corrected chi connectivity index (χ4v) is 16.6. The average molecular weight is 585 g/mol. The lowest BCUT2D eigenvalue weighted by molar-refractivity contribution is -0.0558. The molecule has 1 heterocycles. The molecule has 3 nitrogen and oxygen atoms in total. The van der Waals surface area contributed by atoms with E-state index in [2.05, 4.69) is 139 Å². The van der Waals surface area contributed by atoms with E-state index in [4.69, 9.17) is 13.9 Å². The van der Waals surface area contributed by atoms with Crippen LogP contribution in [0.15, 0.2) is 91.0 Å². The summed E-state index contributed by atoms with van der Waals surface area (Å²) in [4.78, 5) is 0. The molecule has 1 aliphatic heterocycles. The molecule has 2 aliphatic rings. The first-order chi connectivity index (χ1) is 20.0. The van der Waals surface area contributed by atoms with Crippen LogP contribution in [0.25, 0.3) is 0 Å². The van der Waals surface area contributed by atoms with Crippen molar-refractivity contribution in [3.05, 3.63) is 108 Å². The fourth-order valence-electron chi connectivity index (χ4n) is 8.97. The Labute approximate surface area is 256 Å². The smallest absolute Gasteiger partial charge is 0.206 e. The van der Waals surface area contributed by atoms with Crippen molar-refractivity contribution in [1.82, 2.24) is 0 Å². The van der Waals surface area contributed by atoms with Crippen LogP contribution in [0.1, 0.15) is 77.5 Å². The molecule has 1 saturated heterocycles. The highest BCUT2D eigenvalue weighted by molar-refractivity contribution is 6.81. The zero-order chi connectivity index (χ0) is 30.0. The molecule has 1 saturated carbocycles. The predicted molar refractivity (Wildman–Crippen MR) is 176 cm³/mol. The molecule has 6 atom stereocenters. The van der Waals surface area contributed by atoms with E-state index in [0.717, 1.165) is 19.6 Å². The number of ether oxygens (including phenoxy) is 2. The summed E-state index contributed by atoms with van der Waals surface area (Å²) in [7, 11) is -2.30. The van der Waals surface area contributed by atoms with Crippen molar-refractivity contribution in [2.45, 2.75) is 95.7 Å². The van der Waals surface area contributed by atoms with E-state index < -0.39 is 8.32 Å². The lowest BCUT2D eigenvalue weighted by atomic mass is 9.64. The summed E-state index contributed by atoms with van der Waals surface area (Å²) < 4.78 is 20.8. The maximum absolute atomic E-state index is 7.72. The van der Waals surface area contributed by atoms with E-state index in [1.807, 2.05) is 0 Å². The molecule has 0 bridgehead atoms. The van der Waals surface area contributed by atoms with Crippen LogP contribution >= 0.6 is 0 Å². The number of hydrogen-bond donors (Lipinski definition) is 0. The molecule has 5 rings (SSSR count). The molecule has 0 amide bonds. The van der Waals surface area contributed by atoms with Crippen molar-refractivity contribution in [2.75, 3.05) is 13.2 Å². The SMILES string of the molecule is C[C@H]1[C@@H]2[C@@H](COCc3ccccc3)[C@H](COCc3ccccc3)C[C@H](c3ccccc3)[C@@H]2O[Si]1(C(C)(C)C)C(C)(C)C. The molecule has 42 heavy (non-hydrogen) atoms. The Morgan fingerprint density at radius 3 is 1.67 bits per heavy atom. The van der Waals surface area contributed by atoms with Crippen molar-refractivity contribution in [1.29, 1.82) is 0 Å². The predicted octanol–water partition coefficient (Wildman–Crippen LogP) is 9.79. The Morgan fingerprint density at radius 2 is 1.17 bits per heavy atom. The highest BCUT2D eigenvalue weighted by Crippen LogP contribution is 2.68. The van der Waals surface area contributed by atoms with Gasteiger partial charge in [0.05, 0.1) is 32.5 Å². The van der Waals surface area contributed by atoms with Gasteiger partial charge in [0.2, 0.25) is 8.32 Å². The average Bonchev–Trinajstić information content (AvgIpc) is 3.30. The van der Waals surface area contributed by atoms with Gasteiger partial charge in [0.1, 0.15) is 0 Å². The molecule has 2 fully saturated rings. The fraction of sp³-hybridized carbons (Fsp3) is 0.526. The van der Waals surface area contributed by atoms with Gasteiger partial charge in [0, 0.05) is 5.92 Å². The van der Waals surface area contributed by atoms with Gasteiger partial charge in [-0.25, -0.2) is 0 Å². The summed E-state index contributed by atoms with van der Waals surface area (Å²) in [6.07, 6.45) is 1.26. The Balaban J connectivity index is 1.50. The van der Waals surface area contributed by atoms with E-state index >= 15 is 0 Å². The molecule has 4 heteroatoms. The minimum Gasteiger partial charge on any atom is -0.412 e. The van der Waals surface area contributed by atoms with Gasteiger partial charge in [-0.1, -0.05) is 139 Å². The van der Waals surface area contributed by atoms with Crippen molar-refractivity contribution in [3.63, 3.8) is 0 Å². The molecule has 0 N–H and O–H groups in total. The zero-order valence-electron chi connectivity index (χ0n) is 26.9. The minimum atomic E-state index is -2.30. The molecule has 3 aromatic carbocycles. The zero-order valence-corrected chi connectivity index (χ0v) is 27.9. The maximum atomic E-state index is 7.72. The Hall–Kier alpha value is -2.24. The van der Waals surface area contributed by atoms with Gasteiger partial charge in [-0.3, -0.25) is 0 Å². The van der Waals surface area contributed by atoms with Crippen molar-refractivity contribution < 1.29 is 13.9 Å². The number of fused-ring (bicyclic) bond motifs is 1. The van der Waals surface area contributed by atoms with Crippen molar-refractivity contribution in [3.8, 4) is 0 Å². The molecular formula is C38H52O3Si. The van der Waals surface area contributed by atoms with Gasteiger partial charge >= 0.3 is 0 Å². The summed E-state index contributed by atoms with van der Waals surface area (Å²) in [6, 6.07) is 32.3.